The van der Waals surface area contributed by atoms with Crippen molar-refractivity contribution in [3.63, 3.8) is 0 Å². The first kappa shape index (κ1) is 17.4. The maximum absolute atomic E-state index is 10.8. The molecular formula is C18H16ClN3O2S. The molecule has 3 rings (SSSR count). The highest BCUT2D eigenvalue weighted by molar-refractivity contribution is 7.14. The van der Waals surface area contributed by atoms with Crippen LogP contribution in [0, 0.1) is 10.1 Å². The quantitative estimate of drug-likeness (QED) is 0.397. The highest BCUT2D eigenvalue weighted by Gasteiger charge is 2.14. The fourth-order valence-corrected chi connectivity index (χ4v) is 3.46. The first-order chi connectivity index (χ1) is 12.1. The minimum absolute atomic E-state index is 0.0768. The van der Waals surface area contributed by atoms with E-state index in [4.69, 9.17) is 16.6 Å². The van der Waals surface area contributed by atoms with E-state index in [1.807, 2.05) is 29.6 Å². The van der Waals surface area contributed by atoms with Gasteiger partial charge in [-0.2, -0.15) is 0 Å². The average Bonchev–Trinajstić information content (AvgIpc) is 3.10. The van der Waals surface area contributed by atoms with Crippen LogP contribution in [0.3, 0.4) is 0 Å². The summed E-state index contributed by atoms with van der Waals surface area (Å²) in [5.41, 5.74) is 2.79. The SMILES string of the molecule is CCCN(c1ccc(Cl)cc1)c1nc(-c2ccc([N+](=O)[O-])cc2)cs1. The molecule has 0 aliphatic heterocycles. The third-order valence-electron chi connectivity index (χ3n) is 3.68. The highest BCUT2D eigenvalue weighted by Crippen LogP contribution is 2.33. The van der Waals surface area contributed by atoms with Crippen LogP contribution in [0.5, 0.6) is 0 Å². The Hall–Kier alpha value is -2.44. The van der Waals surface area contributed by atoms with Gasteiger partial charge in [0.25, 0.3) is 5.69 Å². The number of nitrogens with zero attached hydrogens (tertiary/aromatic N) is 3. The van der Waals surface area contributed by atoms with Gasteiger partial charge in [-0.25, -0.2) is 4.98 Å². The minimum Gasteiger partial charge on any atom is -0.318 e. The largest absolute Gasteiger partial charge is 0.318 e. The van der Waals surface area contributed by atoms with Gasteiger partial charge >= 0.3 is 0 Å². The number of hydrogen-bond donors (Lipinski definition) is 0. The molecular weight excluding hydrogens is 358 g/mol. The Kier molecular flexibility index (Phi) is 5.31. The van der Waals surface area contributed by atoms with Crippen LogP contribution in [-0.2, 0) is 0 Å². The molecule has 128 valence electrons. The maximum Gasteiger partial charge on any atom is 0.269 e. The smallest absolute Gasteiger partial charge is 0.269 e. The number of nitro groups is 1. The Labute approximate surface area is 154 Å². The molecule has 0 aliphatic carbocycles. The van der Waals surface area contributed by atoms with Crippen molar-refractivity contribution in [1.82, 2.24) is 4.98 Å². The third kappa shape index (κ3) is 3.97. The molecule has 1 aromatic heterocycles. The van der Waals surface area contributed by atoms with Gasteiger partial charge in [0.2, 0.25) is 0 Å². The molecule has 0 saturated heterocycles. The molecule has 0 N–H and O–H groups in total. The number of thiazole rings is 1. The summed E-state index contributed by atoms with van der Waals surface area (Å²) >= 11 is 7.53. The Morgan fingerprint density at radius 1 is 1.16 bits per heavy atom. The number of hydrogen-bond acceptors (Lipinski definition) is 5. The number of non-ortho nitro benzene ring substituents is 1. The van der Waals surface area contributed by atoms with Crippen LogP contribution in [-0.4, -0.2) is 16.5 Å². The van der Waals surface area contributed by atoms with E-state index in [-0.39, 0.29) is 5.69 Å². The molecule has 25 heavy (non-hydrogen) atoms. The predicted octanol–water partition coefficient (Wildman–Crippen LogP) is 5.92. The Bertz CT molecular complexity index is 863. The summed E-state index contributed by atoms with van der Waals surface area (Å²) in [5, 5.41) is 14.3. The topological polar surface area (TPSA) is 59.3 Å². The lowest BCUT2D eigenvalue weighted by Crippen LogP contribution is -2.17. The molecule has 5 nitrogen and oxygen atoms in total. The molecule has 0 saturated carbocycles. The standard InChI is InChI=1S/C18H16ClN3O2S/c1-2-11-21(15-9-5-14(19)6-10-15)18-20-17(12-25-18)13-3-7-16(8-4-13)22(23)24/h3-10,12H,2,11H2,1H3. The third-order valence-corrected chi connectivity index (χ3v) is 4.80. The van der Waals surface area contributed by atoms with Crippen molar-refractivity contribution in [1.29, 1.82) is 0 Å². The lowest BCUT2D eigenvalue weighted by atomic mass is 10.1. The number of rotatable bonds is 6. The molecule has 2 aromatic carbocycles. The Morgan fingerprint density at radius 2 is 1.84 bits per heavy atom. The zero-order valence-electron chi connectivity index (χ0n) is 13.6. The van der Waals surface area contributed by atoms with E-state index in [1.165, 1.54) is 12.1 Å². The summed E-state index contributed by atoms with van der Waals surface area (Å²) < 4.78 is 0. The maximum atomic E-state index is 10.8. The molecule has 0 unspecified atom stereocenters. The molecule has 0 fully saturated rings. The van der Waals surface area contributed by atoms with Crippen molar-refractivity contribution in [2.45, 2.75) is 13.3 Å². The van der Waals surface area contributed by atoms with Gasteiger partial charge in [0, 0.05) is 40.3 Å². The number of nitro benzene ring substituents is 1. The number of halogens is 1. The zero-order valence-corrected chi connectivity index (χ0v) is 15.1. The van der Waals surface area contributed by atoms with E-state index in [9.17, 15) is 10.1 Å². The van der Waals surface area contributed by atoms with Crippen molar-refractivity contribution in [2.75, 3.05) is 11.4 Å². The van der Waals surface area contributed by atoms with Gasteiger partial charge in [0.15, 0.2) is 5.13 Å². The molecule has 7 heteroatoms. The van der Waals surface area contributed by atoms with Crippen LogP contribution < -0.4 is 4.90 Å². The van der Waals surface area contributed by atoms with E-state index in [1.54, 1.807) is 23.5 Å². The molecule has 1 heterocycles. The van der Waals surface area contributed by atoms with Crippen LogP contribution in [0.15, 0.2) is 53.9 Å². The van der Waals surface area contributed by atoms with Crippen LogP contribution >= 0.6 is 22.9 Å². The van der Waals surface area contributed by atoms with Crippen LogP contribution in [0.1, 0.15) is 13.3 Å². The number of benzene rings is 2. The van der Waals surface area contributed by atoms with Gasteiger partial charge in [0.05, 0.1) is 10.6 Å². The average molecular weight is 374 g/mol. The van der Waals surface area contributed by atoms with Crippen molar-refractivity contribution < 1.29 is 4.92 Å². The van der Waals surface area contributed by atoms with Gasteiger partial charge in [-0.1, -0.05) is 18.5 Å². The second-order valence-electron chi connectivity index (χ2n) is 5.45. The summed E-state index contributed by atoms with van der Waals surface area (Å²) in [4.78, 5) is 17.2. The normalized spacial score (nSPS) is 10.6. The summed E-state index contributed by atoms with van der Waals surface area (Å²) in [7, 11) is 0. The van der Waals surface area contributed by atoms with Crippen LogP contribution in [0.4, 0.5) is 16.5 Å². The Morgan fingerprint density at radius 3 is 2.44 bits per heavy atom. The van der Waals surface area contributed by atoms with Gasteiger partial charge in [-0.15, -0.1) is 11.3 Å². The van der Waals surface area contributed by atoms with Crippen molar-refractivity contribution in [3.05, 3.63) is 69.0 Å². The van der Waals surface area contributed by atoms with Crippen molar-refractivity contribution in [2.24, 2.45) is 0 Å². The first-order valence-corrected chi connectivity index (χ1v) is 9.07. The second-order valence-corrected chi connectivity index (χ2v) is 6.72. The summed E-state index contributed by atoms with van der Waals surface area (Å²) in [6.07, 6.45) is 0.981. The van der Waals surface area contributed by atoms with E-state index in [2.05, 4.69) is 11.8 Å². The molecule has 0 amide bonds. The van der Waals surface area contributed by atoms with E-state index < -0.39 is 4.92 Å². The van der Waals surface area contributed by atoms with Gasteiger partial charge in [-0.05, 0) is 42.8 Å². The number of anilines is 2. The molecule has 0 atom stereocenters. The van der Waals surface area contributed by atoms with Gasteiger partial charge in [-0.3, -0.25) is 10.1 Å². The summed E-state index contributed by atoms with van der Waals surface area (Å²) in [5.74, 6) is 0. The minimum atomic E-state index is -0.403. The monoisotopic (exact) mass is 373 g/mol. The van der Waals surface area contributed by atoms with Crippen LogP contribution in [0.2, 0.25) is 5.02 Å². The van der Waals surface area contributed by atoms with Gasteiger partial charge in [0.1, 0.15) is 0 Å². The molecule has 0 radical (unpaired) electrons. The van der Waals surface area contributed by atoms with E-state index >= 15 is 0 Å². The summed E-state index contributed by atoms with van der Waals surface area (Å²) in [6, 6.07) is 14.1. The highest BCUT2D eigenvalue weighted by atomic mass is 35.5. The molecule has 0 spiro atoms. The molecule has 0 aliphatic rings. The van der Waals surface area contributed by atoms with Crippen molar-refractivity contribution in [3.8, 4) is 11.3 Å². The first-order valence-electron chi connectivity index (χ1n) is 7.82. The molecule has 3 aromatic rings. The lowest BCUT2D eigenvalue weighted by Gasteiger charge is -2.21. The van der Waals surface area contributed by atoms with Crippen LogP contribution in [0.25, 0.3) is 11.3 Å². The van der Waals surface area contributed by atoms with E-state index in [0.717, 1.165) is 35.0 Å². The predicted molar refractivity (Wildman–Crippen MR) is 103 cm³/mol. The second kappa shape index (κ2) is 7.63. The summed E-state index contributed by atoms with van der Waals surface area (Å²) in [6.45, 7) is 2.96. The van der Waals surface area contributed by atoms with E-state index in [0.29, 0.717) is 5.02 Å². The van der Waals surface area contributed by atoms with Crippen molar-refractivity contribution >= 4 is 39.4 Å². The van der Waals surface area contributed by atoms with Gasteiger partial charge < -0.3 is 4.90 Å². The lowest BCUT2D eigenvalue weighted by molar-refractivity contribution is -0.384. The fraction of sp³-hybridized carbons (Fsp3) is 0.167. The Balaban J connectivity index is 1.89. The number of aromatic nitrogens is 1. The fourth-order valence-electron chi connectivity index (χ4n) is 2.45. The zero-order chi connectivity index (χ0) is 17.8. The molecule has 0 bridgehead atoms.